The van der Waals surface area contributed by atoms with Gasteiger partial charge in [0.05, 0.1) is 19.9 Å². The van der Waals surface area contributed by atoms with Crippen molar-refractivity contribution in [2.75, 3.05) is 19.5 Å². The van der Waals surface area contributed by atoms with E-state index in [1.165, 1.54) is 0 Å². The van der Waals surface area contributed by atoms with E-state index >= 15 is 0 Å². The lowest BCUT2D eigenvalue weighted by Crippen LogP contribution is -2.14. The van der Waals surface area contributed by atoms with E-state index in [-0.39, 0.29) is 5.91 Å². The number of hydrogen-bond acceptors (Lipinski definition) is 6. The number of anilines is 1. The number of carbonyl (C=O) groups is 1. The first kappa shape index (κ1) is 17.7. The maximum atomic E-state index is 12.3. The van der Waals surface area contributed by atoms with Crippen LogP contribution in [0.3, 0.4) is 0 Å². The molecule has 3 aromatic rings. The number of fused-ring (bicyclic) bond motifs is 1. The molecule has 26 heavy (non-hydrogen) atoms. The molecule has 2 heterocycles. The van der Waals surface area contributed by atoms with E-state index in [0.29, 0.717) is 35.7 Å². The zero-order valence-corrected chi connectivity index (χ0v) is 15.2. The molecule has 0 bridgehead atoms. The lowest BCUT2D eigenvalue weighted by Gasteiger charge is -2.12. The van der Waals surface area contributed by atoms with Gasteiger partial charge in [-0.15, -0.1) is 10.2 Å². The maximum absolute atomic E-state index is 12.3. The van der Waals surface area contributed by atoms with E-state index in [4.69, 9.17) is 9.47 Å². The fourth-order valence-corrected chi connectivity index (χ4v) is 2.92. The standard InChI is InChI=1S/C18H21N5O3/c1-11-14(12(2)22-23-10-19-21-18(11)23)6-8-17(24)20-13-5-7-15(25-3)16(9-13)26-4/h5,7,9-10H,6,8H2,1-4H3,(H,20,24). The second-order valence-electron chi connectivity index (χ2n) is 5.91. The summed E-state index contributed by atoms with van der Waals surface area (Å²) >= 11 is 0. The van der Waals surface area contributed by atoms with E-state index in [0.717, 1.165) is 16.8 Å². The Morgan fingerprint density at radius 1 is 1.19 bits per heavy atom. The van der Waals surface area contributed by atoms with Crippen molar-refractivity contribution < 1.29 is 14.3 Å². The van der Waals surface area contributed by atoms with E-state index in [9.17, 15) is 4.79 Å². The minimum atomic E-state index is -0.0858. The summed E-state index contributed by atoms with van der Waals surface area (Å²) in [6.45, 7) is 3.90. The van der Waals surface area contributed by atoms with Gasteiger partial charge in [0.2, 0.25) is 5.91 Å². The molecule has 0 aliphatic rings. The number of ether oxygens (including phenoxy) is 2. The molecule has 0 unspecified atom stereocenters. The first-order chi connectivity index (χ1) is 12.5. The van der Waals surface area contributed by atoms with E-state index in [2.05, 4.69) is 20.6 Å². The van der Waals surface area contributed by atoms with Gasteiger partial charge in [0.1, 0.15) is 6.33 Å². The number of hydrogen-bond donors (Lipinski definition) is 1. The van der Waals surface area contributed by atoms with Crippen molar-refractivity contribution in [3.05, 3.63) is 41.3 Å². The minimum absolute atomic E-state index is 0.0858. The highest BCUT2D eigenvalue weighted by molar-refractivity contribution is 5.91. The van der Waals surface area contributed by atoms with Crippen LogP contribution in [0.1, 0.15) is 23.2 Å². The third-order valence-corrected chi connectivity index (χ3v) is 4.28. The molecule has 8 heteroatoms. The van der Waals surface area contributed by atoms with Crippen LogP contribution in [-0.2, 0) is 11.2 Å². The summed E-state index contributed by atoms with van der Waals surface area (Å²) in [5.74, 6) is 1.10. The van der Waals surface area contributed by atoms with Gasteiger partial charge in [0.25, 0.3) is 0 Å². The molecule has 2 aromatic heterocycles. The summed E-state index contributed by atoms with van der Waals surface area (Å²) in [5.41, 5.74) is 4.26. The zero-order chi connectivity index (χ0) is 18.7. The maximum Gasteiger partial charge on any atom is 0.224 e. The summed E-state index contributed by atoms with van der Waals surface area (Å²) in [5, 5.41) is 15.3. The van der Waals surface area contributed by atoms with Crippen LogP contribution in [0.15, 0.2) is 24.5 Å². The Morgan fingerprint density at radius 3 is 2.69 bits per heavy atom. The quantitative estimate of drug-likeness (QED) is 0.730. The molecule has 0 aliphatic carbocycles. The largest absolute Gasteiger partial charge is 0.493 e. The lowest BCUT2D eigenvalue weighted by atomic mass is 10.0. The number of nitrogens with one attached hydrogen (secondary N) is 1. The fourth-order valence-electron chi connectivity index (χ4n) is 2.92. The Labute approximate surface area is 151 Å². The molecule has 1 N–H and O–H groups in total. The Kier molecular flexibility index (Phi) is 5.01. The summed E-state index contributed by atoms with van der Waals surface area (Å²) < 4.78 is 12.1. The fraction of sp³-hybridized carbons (Fsp3) is 0.333. The third-order valence-electron chi connectivity index (χ3n) is 4.28. The van der Waals surface area contributed by atoms with Gasteiger partial charge in [-0.05, 0) is 38.0 Å². The van der Waals surface area contributed by atoms with Crippen molar-refractivity contribution in [1.29, 1.82) is 0 Å². The molecule has 8 nitrogen and oxygen atoms in total. The number of rotatable bonds is 6. The molecule has 136 valence electrons. The van der Waals surface area contributed by atoms with Crippen LogP contribution in [0.25, 0.3) is 5.65 Å². The number of aryl methyl sites for hydroxylation is 2. The number of carbonyl (C=O) groups excluding carboxylic acids is 1. The average Bonchev–Trinajstić information content (AvgIpc) is 3.09. The average molecular weight is 355 g/mol. The third kappa shape index (κ3) is 3.44. The number of methoxy groups -OCH3 is 2. The molecular formula is C18H21N5O3. The minimum Gasteiger partial charge on any atom is -0.493 e. The summed E-state index contributed by atoms with van der Waals surface area (Å²) in [6, 6.07) is 5.27. The molecule has 0 atom stereocenters. The summed E-state index contributed by atoms with van der Waals surface area (Å²) in [6.07, 6.45) is 2.48. The molecule has 1 aromatic carbocycles. The predicted molar refractivity (Wildman–Crippen MR) is 96.8 cm³/mol. The molecule has 3 rings (SSSR count). The molecule has 1 amide bonds. The van der Waals surface area contributed by atoms with Crippen LogP contribution in [0.5, 0.6) is 11.5 Å². The van der Waals surface area contributed by atoms with Gasteiger partial charge < -0.3 is 14.8 Å². The normalized spacial score (nSPS) is 10.8. The zero-order valence-electron chi connectivity index (χ0n) is 15.2. The van der Waals surface area contributed by atoms with Crippen LogP contribution in [-0.4, -0.2) is 39.9 Å². The summed E-state index contributed by atoms with van der Waals surface area (Å²) in [4.78, 5) is 12.3. The van der Waals surface area contributed by atoms with Crippen molar-refractivity contribution in [3.63, 3.8) is 0 Å². The first-order valence-electron chi connectivity index (χ1n) is 8.21. The highest BCUT2D eigenvalue weighted by Gasteiger charge is 2.13. The molecule has 0 spiro atoms. The number of nitrogens with zero attached hydrogens (tertiary/aromatic N) is 4. The number of amides is 1. The first-order valence-corrected chi connectivity index (χ1v) is 8.21. The topological polar surface area (TPSA) is 90.6 Å². The second kappa shape index (κ2) is 7.38. The van der Waals surface area contributed by atoms with Gasteiger partial charge >= 0.3 is 0 Å². The number of aromatic nitrogens is 4. The molecule has 0 aliphatic heterocycles. The van der Waals surface area contributed by atoms with Gasteiger partial charge in [-0.1, -0.05) is 0 Å². The van der Waals surface area contributed by atoms with Crippen molar-refractivity contribution in [2.45, 2.75) is 26.7 Å². The van der Waals surface area contributed by atoms with Crippen LogP contribution in [0.2, 0.25) is 0 Å². The SMILES string of the molecule is COc1ccc(NC(=O)CCc2c(C)nn3cnnc3c2C)cc1OC. The lowest BCUT2D eigenvalue weighted by molar-refractivity contribution is -0.116. The Balaban J connectivity index is 1.70. The van der Waals surface area contributed by atoms with Crippen LogP contribution >= 0.6 is 0 Å². The van der Waals surface area contributed by atoms with E-state index in [1.54, 1.807) is 43.3 Å². The Hall–Kier alpha value is -3.16. The smallest absolute Gasteiger partial charge is 0.224 e. The summed E-state index contributed by atoms with van der Waals surface area (Å²) in [7, 11) is 3.13. The van der Waals surface area contributed by atoms with E-state index < -0.39 is 0 Å². The highest BCUT2D eigenvalue weighted by Crippen LogP contribution is 2.29. The van der Waals surface area contributed by atoms with Crippen LogP contribution < -0.4 is 14.8 Å². The molecule has 0 fully saturated rings. The van der Waals surface area contributed by atoms with Crippen molar-refractivity contribution >= 4 is 17.2 Å². The van der Waals surface area contributed by atoms with Crippen LogP contribution in [0.4, 0.5) is 5.69 Å². The van der Waals surface area contributed by atoms with Crippen molar-refractivity contribution in [2.24, 2.45) is 0 Å². The Bertz CT molecular complexity index is 951. The van der Waals surface area contributed by atoms with Gasteiger partial charge in [0.15, 0.2) is 17.1 Å². The predicted octanol–water partition coefficient (Wildman–Crippen LogP) is 2.33. The Morgan fingerprint density at radius 2 is 1.96 bits per heavy atom. The van der Waals surface area contributed by atoms with Gasteiger partial charge in [0, 0.05) is 23.7 Å². The monoisotopic (exact) mass is 355 g/mol. The van der Waals surface area contributed by atoms with E-state index in [1.807, 2.05) is 13.8 Å². The van der Waals surface area contributed by atoms with Crippen LogP contribution in [0, 0.1) is 13.8 Å². The van der Waals surface area contributed by atoms with Crippen molar-refractivity contribution in [1.82, 2.24) is 19.8 Å². The second-order valence-corrected chi connectivity index (χ2v) is 5.91. The van der Waals surface area contributed by atoms with Crippen molar-refractivity contribution in [3.8, 4) is 11.5 Å². The van der Waals surface area contributed by atoms with Gasteiger partial charge in [-0.2, -0.15) is 5.10 Å². The molecule has 0 saturated heterocycles. The number of benzene rings is 1. The molecular weight excluding hydrogens is 334 g/mol. The van der Waals surface area contributed by atoms with Gasteiger partial charge in [-0.25, -0.2) is 4.52 Å². The van der Waals surface area contributed by atoms with Gasteiger partial charge in [-0.3, -0.25) is 4.79 Å². The molecule has 0 saturated carbocycles. The molecule has 0 radical (unpaired) electrons. The highest BCUT2D eigenvalue weighted by atomic mass is 16.5.